The monoisotopic (exact) mass is 409 g/mol. The molecule has 3 rings (SSSR count). The molecule has 7 nitrogen and oxygen atoms in total. The Balaban J connectivity index is 2.05. The van der Waals surface area contributed by atoms with Crippen LogP contribution in [0, 0.1) is 0 Å². The quantitative estimate of drug-likeness (QED) is 0.430. The first-order valence-corrected chi connectivity index (χ1v) is 9.89. The van der Waals surface area contributed by atoms with Crippen molar-refractivity contribution in [2.75, 3.05) is 27.2 Å². The van der Waals surface area contributed by atoms with E-state index in [0.29, 0.717) is 30.0 Å². The van der Waals surface area contributed by atoms with E-state index in [2.05, 4.69) is 4.98 Å². The van der Waals surface area contributed by atoms with Crippen molar-refractivity contribution in [3.05, 3.63) is 65.5 Å². The van der Waals surface area contributed by atoms with Crippen LogP contribution in [-0.4, -0.2) is 64.9 Å². The molecule has 1 aliphatic rings. The first-order chi connectivity index (χ1) is 14.3. The van der Waals surface area contributed by atoms with Gasteiger partial charge < -0.3 is 19.6 Å². The van der Waals surface area contributed by atoms with Crippen molar-refractivity contribution >= 4 is 17.4 Å². The van der Waals surface area contributed by atoms with Crippen LogP contribution in [0.2, 0.25) is 0 Å². The lowest BCUT2D eigenvalue weighted by Crippen LogP contribution is -2.35. The topological polar surface area (TPSA) is 83.0 Å². The van der Waals surface area contributed by atoms with Crippen LogP contribution in [0.3, 0.4) is 0 Å². The van der Waals surface area contributed by atoms with Crippen LogP contribution in [0.1, 0.15) is 31.0 Å². The molecule has 1 amide bonds. The second kappa shape index (κ2) is 9.09. The van der Waals surface area contributed by atoms with Crippen LogP contribution in [0.15, 0.2) is 54.4 Å². The van der Waals surface area contributed by atoms with Crippen LogP contribution in [0.4, 0.5) is 0 Å². The molecule has 1 atom stereocenters. The molecular formula is C23H27N3O4. The summed E-state index contributed by atoms with van der Waals surface area (Å²) in [6.07, 6.45) is 3.27. The summed E-state index contributed by atoms with van der Waals surface area (Å²) in [7, 11) is 3.80. The number of ether oxygens (including phenoxy) is 1. The Morgan fingerprint density at radius 1 is 1.20 bits per heavy atom. The zero-order valence-electron chi connectivity index (χ0n) is 17.7. The van der Waals surface area contributed by atoms with E-state index < -0.39 is 17.7 Å². The third kappa shape index (κ3) is 4.52. The fourth-order valence-corrected chi connectivity index (χ4v) is 3.42. The number of likely N-dealkylation sites (tertiary alicyclic amines) is 1. The number of likely N-dealkylation sites (N-methyl/N-ethyl adjacent to an activating group) is 1. The van der Waals surface area contributed by atoms with Crippen molar-refractivity contribution in [1.29, 1.82) is 0 Å². The number of amides is 1. The number of nitrogens with zero attached hydrogens (tertiary/aromatic N) is 3. The van der Waals surface area contributed by atoms with E-state index in [4.69, 9.17) is 4.74 Å². The van der Waals surface area contributed by atoms with Crippen molar-refractivity contribution in [2.24, 2.45) is 0 Å². The van der Waals surface area contributed by atoms with Gasteiger partial charge in [-0.05, 0) is 63.8 Å². The highest BCUT2D eigenvalue weighted by atomic mass is 16.5. The fourth-order valence-electron chi connectivity index (χ4n) is 3.42. The third-order valence-corrected chi connectivity index (χ3v) is 4.83. The van der Waals surface area contributed by atoms with Crippen molar-refractivity contribution < 1.29 is 19.4 Å². The van der Waals surface area contributed by atoms with E-state index in [-0.39, 0.29) is 17.4 Å². The molecule has 7 heteroatoms. The Bertz CT molecular complexity index is 937. The number of carbonyl (C=O) groups excluding carboxylic acids is 2. The maximum absolute atomic E-state index is 12.9. The zero-order chi connectivity index (χ0) is 21.8. The highest BCUT2D eigenvalue weighted by Crippen LogP contribution is 2.39. The Kier molecular flexibility index (Phi) is 6.52. The van der Waals surface area contributed by atoms with Gasteiger partial charge in [0.1, 0.15) is 11.5 Å². The maximum atomic E-state index is 12.9. The molecule has 2 heterocycles. The maximum Gasteiger partial charge on any atom is 0.295 e. The van der Waals surface area contributed by atoms with Gasteiger partial charge in [0, 0.05) is 31.0 Å². The van der Waals surface area contributed by atoms with Gasteiger partial charge in [0.2, 0.25) is 0 Å². The van der Waals surface area contributed by atoms with E-state index >= 15 is 0 Å². The summed E-state index contributed by atoms with van der Waals surface area (Å²) in [5, 5.41) is 11.0. The normalized spacial score (nSPS) is 18.5. The summed E-state index contributed by atoms with van der Waals surface area (Å²) < 4.78 is 5.63. The van der Waals surface area contributed by atoms with Gasteiger partial charge in [-0.15, -0.1) is 0 Å². The second-order valence-electron chi connectivity index (χ2n) is 7.77. The first kappa shape index (κ1) is 21.5. The van der Waals surface area contributed by atoms with Gasteiger partial charge in [-0.25, -0.2) is 0 Å². The Morgan fingerprint density at radius 3 is 2.47 bits per heavy atom. The number of rotatable bonds is 7. The smallest absolute Gasteiger partial charge is 0.295 e. The molecule has 1 fully saturated rings. The van der Waals surface area contributed by atoms with Crippen LogP contribution in [0.5, 0.6) is 5.75 Å². The molecule has 0 saturated carbocycles. The number of ketones is 1. The van der Waals surface area contributed by atoms with Crippen molar-refractivity contribution in [3.63, 3.8) is 0 Å². The molecule has 158 valence electrons. The molecular weight excluding hydrogens is 382 g/mol. The molecule has 1 N–H and O–H groups in total. The molecule has 1 saturated heterocycles. The second-order valence-corrected chi connectivity index (χ2v) is 7.77. The largest absolute Gasteiger partial charge is 0.507 e. The predicted octanol–water partition coefficient (Wildman–Crippen LogP) is 2.85. The lowest BCUT2D eigenvalue weighted by Gasteiger charge is -2.26. The number of Topliss-reactive ketones (excluding diaryl/α,β-unsaturated/α-hetero) is 1. The number of hydrogen-bond donors (Lipinski definition) is 1. The minimum atomic E-state index is -0.692. The molecule has 2 aromatic rings. The van der Waals surface area contributed by atoms with E-state index in [1.54, 1.807) is 48.8 Å². The number of aromatic nitrogens is 1. The average molecular weight is 409 g/mol. The highest BCUT2D eigenvalue weighted by molar-refractivity contribution is 6.46. The Morgan fingerprint density at radius 2 is 1.90 bits per heavy atom. The molecule has 1 aromatic carbocycles. The third-order valence-electron chi connectivity index (χ3n) is 4.83. The summed E-state index contributed by atoms with van der Waals surface area (Å²) in [6.45, 7) is 4.80. The lowest BCUT2D eigenvalue weighted by molar-refractivity contribution is -0.140. The summed E-state index contributed by atoms with van der Waals surface area (Å²) in [4.78, 5) is 33.3. The highest BCUT2D eigenvalue weighted by Gasteiger charge is 2.45. The standard InChI is InChI=1S/C23H27N3O4/c1-15(2)30-18-9-7-16(8-10-18)21(27)19-20(17-6-5-11-24-14-17)26(13-12-25(3)4)23(29)22(19)28/h5-11,14-15,20,27H,12-13H2,1-4H3/b21-19+/t20-/m0/s1. The summed E-state index contributed by atoms with van der Waals surface area (Å²) in [5.74, 6) is -0.850. The zero-order valence-corrected chi connectivity index (χ0v) is 17.7. The van der Waals surface area contributed by atoms with Crippen LogP contribution in [0.25, 0.3) is 5.76 Å². The van der Waals surface area contributed by atoms with Gasteiger partial charge in [0.25, 0.3) is 11.7 Å². The number of pyridine rings is 1. The van der Waals surface area contributed by atoms with E-state index in [1.807, 2.05) is 32.8 Å². The molecule has 1 aliphatic heterocycles. The van der Waals surface area contributed by atoms with Gasteiger partial charge in [0.15, 0.2) is 0 Å². The predicted molar refractivity (Wildman–Crippen MR) is 114 cm³/mol. The summed E-state index contributed by atoms with van der Waals surface area (Å²) >= 11 is 0. The number of aliphatic hydroxyl groups excluding tert-OH is 1. The van der Waals surface area contributed by atoms with Crippen LogP contribution in [-0.2, 0) is 9.59 Å². The molecule has 1 aromatic heterocycles. The molecule has 0 aliphatic carbocycles. The Labute approximate surface area is 176 Å². The van der Waals surface area contributed by atoms with Gasteiger partial charge in [-0.3, -0.25) is 14.6 Å². The minimum Gasteiger partial charge on any atom is -0.507 e. The first-order valence-electron chi connectivity index (χ1n) is 9.89. The average Bonchev–Trinajstić information content (AvgIpc) is 2.97. The van der Waals surface area contributed by atoms with E-state index in [9.17, 15) is 14.7 Å². The van der Waals surface area contributed by atoms with Gasteiger partial charge in [-0.1, -0.05) is 6.07 Å². The molecule has 0 unspecified atom stereocenters. The lowest BCUT2D eigenvalue weighted by atomic mass is 9.96. The van der Waals surface area contributed by atoms with Gasteiger partial charge in [0.05, 0.1) is 17.7 Å². The fraction of sp³-hybridized carbons (Fsp3) is 0.348. The van der Waals surface area contributed by atoms with Gasteiger partial charge >= 0.3 is 0 Å². The number of hydrogen-bond acceptors (Lipinski definition) is 6. The molecule has 0 radical (unpaired) electrons. The number of carbonyl (C=O) groups is 2. The SMILES string of the molecule is CC(C)Oc1ccc(/C(O)=C2\C(=O)C(=O)N(CCN(C)C)[C@H]2c2cccnc2)cc1. The van der Waals surface area contributed by atoms with Gasteiger partial charge in [-0.2, -0.15) is 0 Å². The number of aliphatic hydroxyl groups is 1. The summed E-state index contributed by atoms with van der Waals surface area (Å²) in [6, 6.07) is 9.69. The summed E-state index contributed by atoms with van der Waals surface area (Å²) in [5.41, 5.74) is 1.20. The van der Waals surface area contributed by atoms with E-state index in [1.165, 1.54) is 4.90 Å². The minimum absolute atomic E-state index is 0.0250. The molecule has 30 heavy (non-hydrogen) atoms. The van der Waals surface area contributed by atoms with E-state index in [0.717, 1.165) is 0 Å². The van der Waals surface area contributed by atoms with Crippen LogP contribution >= 0.6 is 0 Å². The molecule has 0 bridgehead atoms. The Hall–Kier alpha value is -3.19. The van der Waals surface area contributed by atoms with Crippen molar-refractivity contribution in [1.82, 2.24) is 14.8 Å². The van der Waals surface area contributed by atoms with Crippen molar-refractivity contribution in [2.45, 2.75) is 26.0 Å². The number of benzene rings is 1. The van der Waals surface area contributed by atoms with Crippen molar-refractivity contribution in [3.8, 4) is 5.75 Å². The molecule has 0 spiro atoms. The van der Waals surface area contributed by atoms with Crippen LogP contribution < -0.4 is 4.74 Å².